The summed E-state index contributed by atoms with van der Waals surface area (Å²) in [6, 6.07) is 9.01. The number of hydrogen-bond acceptors (Lipinski definition) is 1. The molecule has 16 heavy (non-hydrogen) atoms. The lowest BCUT2D eigenvalue weighted by atomic mass is 9.85. The molecule has 3 rings (SSSR count). The van der Waals surface area contributed by atoms with Crippen molar-refractivity contribution in [1.29, 1.82) is 0 Å². The van der Waals surface area contributed by atoms with Crippen molar-refractivity contribution in [2.45, 2.75) is 37.8 Å². The van der Waals surface area contributed by atoms with Gasteiger partial charge >= 0.3 is 0 Å². The molecular formula is C13H18ClNO. The molecule has 0 amide bonds. The Bertz CT molecular complexity index is 391. The van der Waals surface area contributed by atoms with Crippen LogP contribution in [0.2, 0.25) is 0 Å². The second-order valence-corrected chi connectivity index (χ2v) is 5.15. The molecule has 1 aromatic rings. The van der Waals surface area contributed by atoms with Crippen LogP contribution >= 0.6 is 0 Å². The van der Waals surface area contributed by atoms with Gasteiger partial charge in [-0.25, -0.2) is 0 Å². The van der Waals surface area contributed by atoms with E-state index in [1.807, 2.05) is 6.92 Å². The van der Waals surface area contributed by atoms with Crippen molar-refractivity contribution in [1.82, 2.24) is 0 Å². The zero-order valence-electron chi connectivity index (χ0n) is 9.54. The monoisotopic (exact) mass is 239 g/mol. The summed E-state index contributed by atoms with van der Waals surface area (Å²) in [4.78, 5) is 1.50. The molecule has 2 heterocycles. The number of piperidine rings is 1. The summed E-state index contributed by atoms with van der Waals surface area (Å²) in [5.74, 6) is 0. The predicted octanol–water partition coefficient (Wildman–Crippen LogP) is -2.32. The van der Waals surface area contributed by atoms with Crippen LogP contribution in [0.1, 0.15) is 25.3 Å². The lowest BCUT2D eigenvalue weighted by Crippen LogP contribution is -3.13. The molecule has 2 N–H and O–H groups in total. The highest BCUT2D eigenvalue weighted by Crippen LogP contribution is 2.29. The lowest BCUT2D eigenvalue weighted by Gasteiger charge is -2.38. The second-order valence-electron chi connectivity index (χ2n) is 5.15. The molecule has 2 aliphatic heterocycles. The van der Waals surface area contributed by atoms with Crippen molar-refractivity contribution in [3.05, 3.63) is 29.8 Å². The standard InChI is InChI=1S/C13H17NO.ClH/c1-13(15)7-4-8-14-11-6-3-2-5-10(11)9-12(13)14;/h2-3,5-6,12,15H,4,7-9H2,1H3;1H/t12-,13+;/m0./s1. The van der Waals surface area contributed by atoms with E-state index in [4.69, 9.17) is 0 Å². The van der Waals surface area contributed by atoms with E-state index in [1.165, 1.54) is 22.7 Å². The maximum absolute atomic E-state index is 10.4. The van der Waals surface area contributed by atoms with Crippen molar-refractivity contribution >= 4 is 5.69 Å². The average Bonchev–Trinajstić information content (AvgIpc) is 2.58. The van der Waals surface area contributed by atoms with Crippen molar-refractivity contribution in [2.75, 3.05) is 6.54 Å². The Labute approximate surface area is 103 Å². The van der Waals surface area contributed by atoms with E-state index in [9.17, 15) is 5.11 Å². The minimum absolute atomic E-state index is 0. The molecule has 0 aliphatic carbocycles. The zero-order valence-corrected chi connectivity index (χ0v) is 10.3. The third-order valence-corrected chi connectivity index (χ3v) is 4.09. The Balaban J connectivity index is 0.000000963. The maximum Gasteiger partial charge on any atom is 0.134 e. The predicted molar refractivity (Wildman–Crippen MR) is 59.3 cm³/mol. The van der Waals surface area contributed by atoms with Crippen LogP contribution in [0.5, 0.6) is 0 Å². The third-order valence-electron chi connectivity index (χ3n) is 4.09. The molecule has 3 heteroatoms. The number of halogens is 1. The normalized spacial score (nSPS) is 36.1. The van der Waals surface area contributed by atoms with Crippen molar-refractivity contribution in [3.8, 4) is 0 Å². The maximum atomic E-state index is 10.4. The largest absolute Gasteiger partial charge is 1.00 e. The van der Waals surface area contributed by atoms with Gasteiger partial charge < -0.3 is 17.5 Å². The lowest BCUT2D eigenvalue weighted by molar-refractivity contribution is -0.869. The molecular weight excluding hydrogens is 222 g/mol. The summed E-state index contributed by atoms with van der Waals surface area (Å²) >= 11 is 0. The highest BCUT2D eigenvalue weighted by Gasteiger charge is 2.48. The van der Waals surface area contributed by atoms with Gasteiger partial charge in [-0.05, 0) is 25.8 Å². The van der Waals surface area contributed by atoms with Gasteiger partial charge in [0.2, 0.25) is 0 Å². The molecule has 3 atom stereocenters. The zero-order chi connectivity index (χ0) is 10.5. The summed E-state index contributed by atoms with van der Waals surface area (Å²) in [7, 11) is 0. The fraction of sp³-hybridized carbons (Fsp3) is 0.538. The van der Waals surface area contributed by atoms with E-state index in [2.05, 4.69) is 24.3 Å². The summed E-state index contributed by atoms with van der Waals surface area (Å²) in [6.07, 6.45) is 3.13. The topological polar surface area (TPSA) is 24.7 Å². The van der Waals surface area contributed by atoms with Gasteiger partial charge in [0.15, 0.2) is 0 Å². The number of para-hydroxylation sites is 1. The third kappa shape index (κ3) is 1.65. The van der Waals surface area contributed by atoms with E-state index >= 15 is 0 Å². The Hall–Kier alpha value is -0.570. The fourth-order valence-electron chi connectivity index (χ4n) is 3.26. The minimum Gasteiger partial charge on any atom is -1.00 e. The number of hydrogen-bond donors (Lipinski definition) is 2. The highest BCUT2D eigenvalue weighted by atomic mass is 35.5. The molecule has 0 bridgehead atoms. The molecule has 0 spiro atoms. The van der Waals surface area contributed by atoms with Gasteiger partial charge in [0.1, 0.15) is 17.3 Å². The van der Waals surface area contributed by atoms with Gasteiger partial charge in [0, 0.05) is 12.0 Å². The summed E-state index contributed by atoms with van der Waals surface area (Å²) in [5.41, 5.74) is 2.37. The molecule has 0 radical (unpaired) electrons. The van der Waals surface area contributed by atoms with Crippen LogP contribution < -0.4 is 17.3 Å². The first-order valence-electron chi connectivity index (χ1n) is 5.85. The summed E-state index contributed by atoms with van der Waals surface area (Å²) in [5, 5.41) is 10.4. The molecule has 2 nitrogen and oxygen atoms in total. The average molecular weight is 240 g/mol. The summed E-state index contributed by atoms with van der Waals surface area (Å²) < 4.78 is 0. The molecule has 0 saturated carbocycles. The number of benzene rings is 1. The molecule has 1 aromatic carbocycles. The van der Waals surface area contributed by atoms with Crippen LogP contribution in [0.4, 0.5) is 5.69 Å². The number of rotatable bonds is 0. The van der Waals surface area contributed by atoms with E-state index in [1.54, 1.807) is 0 Å². The number of aliphatic hydroxyl groups is 1. The van der Waals surface area contributed by atoms with Crippen LogP contribution in [0.25, 0.3) is 0 Å². The molecule has 88 valence electrons. The van der Waals surface area contributed by atoms with Gasteiger partial charge in [-0.3, -0.25) is 4.90 Å². The highest BCUT2D eigenvalue weighted by molar-refractivity contribution is 5.43. The van der Waals surface area contributed by atoms with E-state index in [0.29, 0.717) is 6.04 Å². The molecule has 1 unspecified atom stereocenters. The number of nitrogens with one attached hydrogen (secondary N) is 1. The first kappa shape index (κ1) is 11.9. The molecule has 2 aliphatic rings. The van der Waals surface area contributed by atoms with E-state index < -0.39 is 5.60 Å². The van der Waals surface area contributed by atoms with Gasteiger partial charge in [-0.2, -0.15) is 0 Å². The smallest absolute Gasteiger partial charge is 0.134 e. The molecule has 1 saturated heterocycles. The summed E-state index contributed by atoms with van der Waals surface area (Å²) in [6.45, 7) is 3.18. The van der Waals surface area contributed by atoms with Gasteiger partial charge in [0.25, 0.3) is 0 Å². The second kappa shape index (κ2) is 4.02. The fourth-order valence-corrected chi connectivity index (χ4v) is 3.26. The van der Waals surface area contributed by atoms with Crippen molar-refractivity contribution in [2.24, 2.45) is 0 Å². The van der Waals surface area contributed by atoms with Gasteiger partial charge in [0.05, 0.1) is 6.54 Å². The Morgan fingerprint density at radius 2 is 2.12 bits per heavy atom. The van der Waals surface area contributed by atoms with Crippen LogP contribution in [0, 0.1) is 0 Å². The van der Waals surface area contributed by atoms with Gasteiger partial charge in [-0.15, -0.1) is 0 Å². The van der Waals surface area contributed by atoms with E-state index in [-0.39, 0.29) is 12.4 Å². The van der Waals surface area contributed by atoms with Crippen molar-refractivity contribution < 1.29 is 22.4 Å². The quantitative estimate of drug-likeness (QED) is 0.522. The minimum atomic E-state index is -0.480. The van der Waals surface area contributed by atoms with Crippen LogP contribution in [-0.4, -0.2) is 23.3 Å². The van der Waals surface area contributed by atoms with Gasteiger partial charge in [-0.1, -0.05) is 18.2 Å². The van der Waals surface area contributed by atoms with Crippen LogP contribution in [0.3, 0.4) is 0 Å². The molecule has 1 fully saturated rings. The Morgan fingerprint density at radius 1 is 1.38 bits per heavy atom. The Kier molecular flexibility index (Phi) is 2.99. The molecule has 0 aromatic heterocycles. The van der Waals surface area contributed by atoms with E-state index in [0.717, 1.165) is 19.3 Å². The first-order valence-corrected chi connectivity index (χ1v) is 5.85. The van der Waals surface area contributed by atoms with Crippen LogP contribution in [-0.2, 0) is 6.42 Å². The number of quaternary nitrogens is 1. The number of fused-ring (bicyclic) bond motifs is 3. The SMILES string of the molecule is C[C@@]1(O)CCC[NH+]2c3ccccc3C[C@H]21.[Cl-]. The van der Waals surface area contributed by atoms with Crippen molar-refractivity contribution in [3.63, 3.8) is 0 Å². The van der Waals surface area contributed by atoms with Crippen LogP contribution in [0.15, 0.2) is 24.3 Å². The first-order chi connectivity index (χ1) is 7.18. The Morgan fingerprint density at radius 3 is 2.94 bits per heavy atom.